The number of pyridine rings is 2. The van der Waals surface area contributed by atoms with Crippen LogP contribution in [0.25, 0.3) is 93.2 Å². The van der Waals surface area contributed by atoms with Gasteiger partial charge < -0.3 is 18.1 Å². The molecule has 0 spiro atoms. The standard InChI is InChI=1S/C46H25N5O.Pt/c1-2-10-28(11-3-1)50-40-15-7-5-13-34(40)36-26-43-35(27-44(36)50)32-21-19-29(24-37(32)45-47-22-23-49(43)45)52-30-18-20-31-33-12-4-8-16-41(33)51-42-17-9-6-14-39(42)48-46(51)38(31)25-30;/h1-23,26-27H;/q-2;+2. The fourth-order valence-corrected chi connectivity index (χ4v) is 8.28. The average Bonchev–Trinajstić information content (AvgIpc) is 3.93. The summed E-state index contributed by atoms with van der Waals surface area (Å²) in [6.45, 7) is 0. The summed E-state index contributed by atoms with van der Waals surface area (Å²) in [4.78, 5) is 9.87. The third kappa shape index (κ3) is 4.24. The average molecular weight is 859 g/mol. The van der Waals surface area contributed by atoms with Crippen molar-refractivity contribution in [1.29, 1.82) is 0 Å². The van der Waals surface area contributed by atoms with E-state index in [-0.39, 0.29) is 21.1 Å². The van der Waals surface area contributed by atoms with Gasteiger partial charge in [-0.1, -0.05) is 113 Å². The maximum Gasteiger partial charge on any atom is 2.00 e. The van der Waals surface area contributed by atoms with E-state index in [0.717, 1.165) is 76.9 Å². The number of benzene rings is 7. The molecular formula is C46H25N5OPt. The Bertz CT molecular complexity index is 3450. The largest absolute Gasteiger partial charge is 2.00 e. The van der Waals surface area contributed by atoms with E-state index in [1.807, 2.05) is 30.6 Å². The van der Waals surface area contributed by atoms with Gasteiger partial charge in [-0.05, 0) is 59.3 Å². The molecule has 7 heteroatoms. The molecule has 0 unspecified atom stereocenters. The summed E-state index contributed by atoms with van der Waals surface area (Å²) in [5.74, 6) is 1.19. The van der Waals surface area contributed by atoms with Crippen molar-refractivity contribution in [2.45, 2.75) is 0 Å². The van der Waals surface area contributed by atoms with Gasteiger partial charge >= 0.3 is 21.1 Å². The van der Waals surface area contributed by atoms with Crippen molar-refractivity contribution >= 4 is 87.5 Å². The molecule has 0 atom stereocenters. The zero-order chi connectivity index (χ0) is 33.9. The third-order valence-corrected chi connectivity index (χ3v) is 10.5. The number of para-hydroxylation sites is 5. The minimum atomic E-state index is 0. The van der Waals surface area contributed by atoms with E-state index in [1.165, 1.54) is 16.3 Å². The Kier molecular flexibility index (Phi) is 6.40. The SMILES string of the molecule is [Pt+2].[c-]1c(Oc2[c-]c3c(cc2)c2ccccc2n2c4ccccc4nc32)ccc2c1c1nccn1c1cc3c4ccccc4n(-c4ccccc4)c3cc21. The van der Waals surface area contributed by atoms with Gasteiger partial charge in [0.05, 0.1) is 33.4 Å². The van der Waals surface area contributed by atoms with Gasteiger partial charge in [0.2, 0.25) is 0 Å². The van der Waals surface area contributed by atoms with E-state index >= 15 is 0 Å². The number of hydrogen-bond acceptors (Lipinski definition) is 3. The van der Waals surface area contributed by atoms with Crippen LogP contribution in [0.15, 0.2) is 152 Å². The third-order valence-electron chi connectivity index (χ3n) is 10.5. The fourth-order valence-electron chi connectivity index (χ4n) is 8.28. The first-order chi connectivity index (χ1) is 25.8. The number of imidazole rings is 2. The smallest absolute Gasteiger partial charge is 0.497 e. The molecule has 5 heterocycles. The number of aromatic nitrogens is 5. The van der Waals surface area contributed by atoms with Gasteiger partial charge in [0.15, 0.2) is 0 Å². The Labute approximate surface area is 316 Å². The molecule has 0 bridgehead atoms. The number of rotatable bonds is 3. The summed E-state index contributed by atoms with van der Waals surface area (Å²) < 4.78 is 13.3. The van der Waals surface area contributed by atoms with Gasteiger partial charge in [-0.3, -0.25) is 9.97 Å². The summed E-state index contributed by atoms with van der Waals surface area (Å²) in [7, 11) is 0. The molecule has 0 aliphatic heterocycles. The summed E-state index contributed by atoms with van der Waals surface area (Å²) in [5.41, 5.74) is 9.36. The van der Waals surface area contributed by atoms with Crippen molar-refractivity contribution in [3.8, 4) is 17.2 Å². The predicted octanol–water partition coefficient (Wildman–Crippen LogP) is 11.2. The van der Waals surface area contributed by atoms with Gasteiger partial charge in [-0.15, -0.1) is 12.1 Å². The number of nitrogens with zero attached hydrogens (tertiary/aromatic N) is 5. The Morgan fingerprint density at radius 2 is 1.09 bits per heavy atom. The van der Waals surface area contributed by atoms with E-state index in [4.69, 9.17) is 14.7 Å². The molecular weight excluding hydrogens is 834 g/mol. The maximum absolute atomic E-state index is 6.56. The van der Waals surface area contributed by atoms with E-state index in [1.54, 1.807) is 0 Å². The topological polar surface area (TPSA) is 48.8 Å². The molecule has 0 aliphatic rings. The molecule has 0 fully saturated rings. The van der Waals surface area contributed by atoms with Crippen molar-refractivity contribution in [3.63, 3.8) is 0 Å². The molecule has 7 aromatic carbocycles. The van der Waals surface area contributed by atoms with Crippen LogP contribution in [-0.2, 0) is 21.1 Å². The van der Waals surface area contributed by atoms with Crippen LogP contribution in [0.1, 0.15) is 0 Å². The molecule has 5 aromatic heterocycles. The second-order valence-electron chi connectivity index (χ2n) is 13.3. The van der Waals surface area contributed by atoms with Gasteiger partial charge in [0.25, 0.3) is 0 Å². The van der Waals surface area contributed by atoms with Crippen LogP contribution in [0.3, 0.4) is 0 Å². The van der Waals surface area contributed by atoms with Crippen LogP contribution in [0.4, 0.5) is 0 Å². The van der Waals surface area contributed by atoms with Crippen molar-refractivity contribution < 1.29 is 25.8 Å². The molecule has 250 valence electrons. The Morgan fingerprint density at radius 3 is 1.89 bits per heavy atom. The Morgan fingerprint density at radius 1 is 0.491 bits per heavy atom. The van der Waals surface area contributed by atoms with Crippen LogP contribution in [-0.4, -0.2) is 23.3 Å². The minimum absolute atomic E-state index is 0. The molecule has 0 aliphatic carbocycles. The first kappa shape index (κ1) is 30.2. The molecule has 0 N–H and O–H groups in total. The molecule has 0 saturated heterocycles. The molecule has 53 heavy (non-hydrogen) atoms. The molecule has 0 saturated carbocycles. The van der Waals surface area contributed by atoms with E-state index in [9.17, 15) is 0 Å². The van der Waals surface area contributed by atoms with Crippen molar-refractivity contribution in [2.75, 3.05) is 0 Å². The quantitative estimate of drug-likeness (QED) is 0.131. The van der Waals surface area contributed by atoms with E-state index < -0.39 is 0 Å². The number of fused-ring (bicyclic) bond motifs is 17. The van der Waals surface area contributed by atoms with Gasteiger partial charge in [0, 0.05) is 51.4 Å². The first-order valence-corrected chi connectivity index (χ1v) is 17.3. The predicted molar refractivity (Wildman–Crippen MR) is 210 cm³/mol. The number of ether oxygens (including phenoxy) is 1. The van der Waals surface area contributed by atoms with Crippen LogP contribution in [0, 0.1) is 12.1 Å². The molecule has 12 rings (SSSR count). The van der Waals surface area contributed by atoms with Crippen molar-refractivity contribution in [3.05, 3.63) is 164 Å². The van der Waals surface area contributed by atoms with Crippen LogP contribution in [0.5, 0.6) is 11.5 Å². The summed E-state index contributed by atoms with van der Waals surface area (Å²) in [6.07, 6.45) is 3.89. The molecule has 6 nitrogen and oxygen atoms in total. The van der Waals surface area contributed by atoms with E-state index in [2.05, 4.69) is 147 Å². The van der Waals surface area contributed by atoms with Crippen LogP contribution in [0.2, 0.25) is 0 Å². The Balaban J connectivity index is 0.00000331. The monoisotopic (exact) mass is 858 g/mol. The van der Waals surface area contributed by atoms with Gasteiger partial charge in [-0.25, -0.2) is 0 Å². The van der Waals surface area contributed by atoms with Gasteiger partial charge in [0.1, 0.15) is 0 Å². The normalized spacial score (nSPS) is 12.0. The summed E-state index contributed by atoms with van der Waals surface area (Å²) in [5, 5.41) is 8.62. The zero-order valence-corrected chi connectivity index (χ0v) is 30.2. The first-order valence-electron chi connectivity index (χ1n) is 17.3. The van der Waals surface area contributed by atoms with Crippen LogP contribution < -0.4 is 4.74 Å². The fraction of sp³-hybridized carbons (Fsp3) is 0. The zero-order valence-electron chi connectivity index (χ0n) is 27.9. The number of hydrogen-bond donors (Lipinski definition) is 0. The maximum atomic E-state index is 6.56. The molecule has 0 amide bonds. The van der Waals surface area contributed by atoms with Gasteiger partial charge in [-0.2, -0.15) is 0 Å². The van der Waals surface area contributed by atoms with Crippen LogP contribution >= 0.6 is 0 Å². The minimum Gasteiger partial charge on any atom is -0.497 e. The Hall–Kier alpha value is -6.49. The van der Waals surface area contributed by atoms with E-state index in [0.29, 0.717) is 11.5 Å². The van der Waals surface area contributed by atoms with Crippen molar-refractivity contribution in [2.24, 2.45) is 0 Å². The molecule has 12 aromatic rings. The summed E-state index contributed by atoms with van der Waals surface area (Å²) >= 11 is 0. The second kappa shape index (κ2) is 11.3. The second-order valence-corrected chi connectivity index (χ2v) is 13.3. The van der Waals surface area contributed by atoms with Crippen molar-refractivity contribution in [1.82, 2.24) is 23.3 Å². The summed E-state index contributed by atoms with van der Waals surface area (Å²) in [6, 6.07) is 55.9. The molecule has 0 radical (unpaired) electrons.